The fourth-order valence-electron chi connectivity index (χ4n) is 1.77. The van der Waals surface area contributed by atoms with Crippen LogP contribution in [0, 0.1) is 0 Å². The van der Waals surface area contributed by atoms with Crippen molar-refractivity contribution in [3.8, 4) is 0 Å². The largest absolute Gasteiger partial charge is 0.383 e. The molecule has 2 N–H and O–H groups in total. The molecule has 0 fully saturated rings. The molecule has 6 nitrogen and oxygen atoms in total. The lowest BCUT2D eigenvalue weighted by Gasteiger charge is -2.19. The van der Waals surface area contributed by atoms with Crippen LogP contribution in [0.4, 0.5) is 10.6 Å². The molecule has 1 aromatic rings. The Morgan fingerprint density at radius 2 is 2.05 bits per heavy atom. The molecule has 0 aliphatic heterocycles. The van der Waals surface area contributed by atoms with Gasteiger partial charge < -0.3 is 20.3 Å². The Balaban J connectivity index is 2.39. The van der Waals surface area contributed by atoms with Crippen molar-refractivity contribution in [2.75, 3.05) is 38.3 Å². The van der Waals surface area contributed by atoms with Crippen LogP contribution in [-0.2, 0) is 11.3 Å². The zero-order valence-corrected chi connectivity index (χ0v) is 12.5. The van der Waals surface area contributed by atoms with E-state index in [1.165, 1.54) is 0 Å². The second-order valence-electron chi connectivity index (χ2n) is 4.30. The normalized spacial score (nSPS) is 10.2. The van der Waals surface area contributed by atoms with Crippen molar-refractivity contribution in [3.05, 3.63) is 23.9 Å². The molecule has 0 aromatic carbocycles. The molecule has 0 spiro atoms. The van der Waals surface area contributed by atoms with Gasteiger partial charge >= 0.3 is 6.03 Å². The lowest BCUT2D eigenvalue weighted by molar-refractivity contribution is 0.196. The van der Waals surface area contributed by atoms with Crippen LogP contribution >= 0.6 is 0 Å². The van der Waals surface area contributed by atoms with Gasteiger partial charge in [0.05, 0.1) is 6.61 Å². The van der Waals surface area contributed by atoms with Crippen LogP contribution in [-0.4, -0.2) is 44.4 Å². The van der Waals surface area contributed by atoms with Crippen molar-refractivity contribution in [1.82, 2.24) is 15.6 Å². The van der Waals surface area contributed by atoms with Gasteiger partial charge in [-0.25, -0.2) is 9.78 Å². The molecule has 0 saturated heterocycles. The van der Waals surface area contributed by atoms with Crippen LogP contribution in [0.15, 0.2) is 18.3 Å². The maximum Gasteiger partial charge on any atom is 0.315 e. The van der Waals surface area contributed by atoms with Crippen molar-refractivity contribution in [3.63, 3.8) is 0 Å². The number of aromatic nitrogens is 1. The number of carbonyl (C=O) groups excluding carboxylic acids is 1. The number of carbonyl (C=O) groups is 1. The summed E-state index contributed by atoms with van der Waals surface area (Å²) in [4.78, 5) is 18.0. The molecule has 1 aromatic heterocycles. The molecule has 2 amide bonds. The first-order valence-corrected chi connectivity index (χ1v) is 6.91. The molecule has 20 heavy (non-hydrogen) atoms. The van der Waals surface area contributed by atoms with Crippen molar-refractivity contribution >= 4 is 11.8 Å². The van der Waals surface area contributed by atoms with E-state index in [4.69, 9.17) is 4.74 Å². The highest BCUT2D eigenvalue weighted by Crippen LogP contribution is 2.10. The Morgan fingerprint density at radius 1 is 1.30 bits per heavy atom. The average molecular weight is 280 g/mol. The molecular formula is C14H24N4O2. The topological polar surface area (TPSA) is 66.5 Å². The van der Waals surface area contributed by atoms with Crippen LogP contribution in [0.5, 0.6) is 0 Å². The van der Waals surface area contributed by atoms with Gasteiger partial charge in [-0.3, -0.25) is 0 Å². The molecule has 1 rings (SSSR count). The molecule has 0 radical (unpaired) electrons. The highest BCUT2D eigenvalue weighted by molar-refractivity contribution is 5.73. The van der Waals surface area contributed by atoms with Crippen LogP contribution in [0.3, 0.4) is 0 Å². The van der Waals surface area contributed by atoms with Gasteiger partial charge in [0.1, 0.15) is 5.82 Å². The number of nitrogens with zero attached hydrogens (tertiary/aromatic N) is 2. The fraction of sp³-hybridized carbons (Fsp3) is 0.571. The summed E-state index contributed by atoms with van der Waals surface area (Å²) >= 11 is 0. The third kappa shape index (κ3) is 5.44. The maximum absolute atomic E-state index is 11.5. The first-order valence-electron chi connectivity index (χ1n) is 6.91. The van der Waals surface area contributed by atoms with Gasteiger partial charge in [0.2, 0.25) is 0 Å². The second-order valence-corrected chi connectivity index (χ2v) is 4.30. The second kappa shape index (κ2) is 9.14. The van der Waals surface area contributed by atoms with E-state index in [2.05, 4.69) is 34.4 Å². The molecule has 0 aliphatic carbocycles. The Hall–Kier alpha value is -1.82. The number of anilines is 1. The number of hydrogen-bond donors (Lipinski definition) is 2. The van der Waals surface area contributed by atoms with Gasteiger partial charge in [0, 0.05) is 39.5 Å². The van der Waals surface area contributed by atoms with E-state index in [-0.39, 0.29) is 6.03 Å². The van der Waals surface area contributed by atoms with Crippen LogP contribution < -0.4 is 15.5 Å². The number of rotatable bonds is 8. The Morgan fingerprint density at radius 3 is 2.60 bits per heavy atom. The predicted molar refractivity (Wildman–Crippen MR) is 79.9 cm³/mol. The van der Waals surface area contributed by atoms with Gasteiger partial charge in [-0.15, -0.1) is 0 Å². The van der Waals surface area contributed by atoms with E-state index in [1.54, 1.807) is 13.3 Å². The van der Waals surface area contributed by atoms with Crippen LogP contribution in [0.1, 0.15) is 19.4 Å². The minimum Gasteiger partial charge on any atom is -0.383 e. The Labute approximate surface area is 120 Å². The SMILES string of the molecule is CCN(CC)c1ccc(CNC(=O)NCCOC)cn1. The number of urea groups is 1. The van der Waals surface area contributed by atoms with E-state index in [1.807, 2.05) is 12.1 Å². The van der Waals surface area contributed by atoms with E-state index in [0.29, 0.717) is 19.7 Å². The zero-order valence-electron chi connectivity index (χ0n) is 12.5. The quantitative estimate of drug-likeness (QED) is 0.706. The minimum absolute atomic E-state index is 0.199. The van der Waals surface area contributed by atoms with Crippen LogP contribution in [0.2, 0.25) is 0 Å². The summed E-state index contributed by atoms with van der Waals surface area (Å²) in [6.45, 7) is 7.54. The monoisotopic (exact) mass is 280 g/mol. The lowest BCUT2D eigenvalue weighted by atomic mass is 10.2. The highest BCUT2D eigenvalue weighted by atomic mass is 16.5. The van der Waals surface area contributed by atoms with E-state index in [9.17, 15) is 4.79 Å². The number of methoxy groups -OCH3 is 1. The fourth-order valence-corrected chi connectivity index (χ4v) is 1.77. The van der Waals surface area contributed by atoms with Gasteiger partial charge in [-0.1, -0.05) is 6.07 Å². The van der Waals surface area contributed by atoms with Gasteiger partial charge in [-0.2, -0.15) is 0 Å². The Bertz CT molecular complexity index is 391. The summed E-state index contributed by atoms with van der Waals surface area (Å²) < 4.78 is 4.85. The van der Waals surface area contributed by atoms with Crippen molar-refractivity contribution < 1.29 is 9.53 Å². The van der Waals surface area contributed by atoms with E-state index >= 15 is 0 Å². The van der Waals surface area contributed by atoms with Crippen LogP contribution in [0.25, 0.3) is 0 Å². The van der Waals surface area contributed by atoms with E-state index < -0.39 is 0 Å². The molecule has 0 aliphatic rings. The molecule has 0 bridgehead atoms. The summed E-state index contributed by atoms with van der Waals surface area (Å²) in [7, 11) is 1.60. The van der Waals surface area contributed by atoms with Crippen molar-refractivity contribution in [2.24, 2.45) is 0 Å². The predicted octanol–water partition coefficient (Wildman–Crippen LogP) is 1.37. The molecule has 6 heteroatoms. The standard InChI is InChI=1S/C14H24N4O2/c1-4-18(5-2)13-7-6-12(10-16-13)11-17-14(19)15-8-9-20-3/h6-7,10H,4-5,8-9,11H2,1-3H3,(H2,15,17,19). The van der Waals surface area contributed by atoms with Gasteiger partial charge in [0.15, 0.2) is 0 Å². The van der Waals surface area contributed by atoms with Crippen molar-refractivity contribution in [1.29, 1.82) is 0 Å². The van der Waals surface area contributed by atoms with Gasteiger partial charge in [0.25, 0.3) is 0 Å². The number of amides is 2. The molecule has 0 atom stereocenters. The molecular weight excluding hydrogens is 256 g/mol. The highest BCUT2D eigenvalue weighted by Gasteiger charge is 2.04. The third-order valence-electron chi connectivity index (χ3n) is 2.94. The van der Waals surface area contributed by atoms with E-state index in [0.717, 1.165) is 24.5 Å². The Kier molecular flexibility index (Phi) is 7.42. The first-order chi connectivity index (χ1) is 9.71. The van der Waals surface area contributed by atoms with Gasteiger partial charge in [-0.05, 0) is 25.5 Å². The maximum atomic E-state index is 11.5. The number of ether oxygens (including phenoxy) is 1. The summed E-state index contributed by atoms with van der Waals surface area (Å²) in [6, 6.07) is 3.76. The zero-order chi connectivity index (χ0) is 14.8. The first kappa shape index (κ1) is 16.2. The summed E-state index contributed by atoms with van der Waals surface area (Å²) in [5.74, 6) is 0.961. The number of hydrogen-bond acceptors (Lipinski definition) is 4. The molecule has 0 saturated carbocycles. The smallest absolute Gasteiger partial charge is 0.315 e. The molecule has 112 valence electrons. The third-order valence-corrected chi connectivity index (χ3v) is 2.94. The lowest BCUT2D eigenvalue weighted by Crippen LogP contribution is -2.36. The summed E-state index contributed by atoms with van der Waals surface area (Å²) in [5, 5.41) is 5.47. The number of nitrogens with one attached hydrogen (secondary N) is 2. The van der Waals surface area contributed by atoms with Crippen molar-refractivity contribution in [2.45, 2.75) is 20.4 Å². The molecule has 1 heterocycles. The minimum atomic E-state index is -0.199. The molecule has 0 unspecified atom stereocenters. The average Bonchev–Trinajstić information content (AvgIpc) is 2.48. The summed E-state index contributed by atoms with van der Waals surface area (Å²) in [5.41, 5.74) is 0.975. The number of pyridine rings is 1. The summed E-state index contributed by atoms with van der Waals surface area (Å²) in [6.07, 6.45) is 1.79.